The average molecular weight is 746 g/mol. The summed E-state index contributed by atoms with van der Waals surface area (Å²) in [6.07, 6.45) is 0. The molecule has 0 N–H and O–H groups in total. The third kappa shape index (κ3) is 5.11. The Morgan fingerprint density at radius 1 is 0.316 bits per heavy atom. The number of fused-ring (bicyclic) bond motifs is 6. The quantitative estimate of drug-likeness (QED) is 0.121. The van der Waals surface area contributed by atoms with Gasteiger partial charge in [0.05, 0.1) is 22.1 Å². The van der Waals surface area contributed by atoms with E-state index >= 15 is 0 Å². The average Bonchev–Trinajstić information content (AvgIpc) is 3.82. The van der Waals surface area contributed by atoms with Crippen LogP contribution in [0.5, 0.6) is 0 Å². The van der Waals surface area contributed by atoms with E-state index in [9.17, 15) is 0 Å². The summed E-state index contributed by atoms with van der Waals surface area (Å²) in [5, 5.41) is 9.78. The predicted octanol–water partition coefficient (Wildman–Crippen LogP) is 9.11. The molecule has 11 rings (SSSR count). The molecule has 0 radical (unpaired) electrons. The van der Waals surface area contributed by atoms with Crippen LogP contribution in [0.25, 0.3) is 66.9 Å². The number of para-hydroxylation sites is 4. The Kier molecular flexibility index (Phi) is 7.76. The van der Waals surface area contributed by atoms with Crippen molar-refractivity contribution >= 4 is 72.4 Å². The van der Waals surface area contributed by atoms with Crippen molar-refractivity contribution in [1.29, 1.82) is 0 Å². The molecule has 3 aromatic heterocycles. The van der Waals surface area contributed by atoms with E-state index < -0.39 is 8.07 Å². The molecule has 0 spiro atoms. The van der Waals surface area contributed by atoms with Crippen molar-refractivity contribution in [3.63, 3.8) is 0 Å². The van der Waals surface area contributed by atoms with Gasteiger partial charge in [0.25, 0.3) is 0 Å². The Hall–Kier alpha value is -7.41. The van der Waals surface area contributed by atoms with E-state index in [0.717, 1.165) is 49.2 Å². The molecule has 57 heavy (non-hydrogen) atoms. The standard InChI is InChI=1S/C51H35N5Si/c1-5-20-36(21-6-1)49-52-50(55-44-32-16-13-28-40(44)41-29-14-17-33-45(41)55)54-51(53-49)56-46-34-18-15-30-42(46)43-31-19-35-47(48(43)56)57(37-22-7-2-8-23-37,38-24-9-3-10-25-38)39-26-11-4-12-27-39/h1-35H. The van der Waals surface area contributed by atoms with Crippen molar-refractivity contribution in [3.8, 4) is 23.3 Å². The number of aromatic nitrogens is 5. The van der Waals surface area contributed by atoms with Gasteiger partial charge in [0.2, 0.25) is 11.9 Å². The van der Waals surface area contributed by atoms with Gasteiger partial charge in [-0.15, -0.1) is 0 Å². The van der Waals surface area contributed by atoms with Gasteiger partial charge >= 0.3 is 0 Å². The highest BCUT2D eigenvalue weighted by Crippen LogP contribution is 2.34. The molecule has 268 valence electrons. The Morgan fingerprint density at radius 3 is 1.21 bits per heavy atom. The highest BCUT2D eigenvalue weighted by atomic mass is 28.3. The van der Waals surface area contributed by atoms with Crippen molar-refractivity contribution in [2.45, 2.75) is 0 Å². The molecule has 0 fully saturated rings. The minimum atomic E-state index is -3.01. The second-order valence-corrected chi connectivity index (χ2v) is 18.2. The molecule has 8 aromatic carbocycles. The largest absolute Gasteiger partial charge is 0.278 e. The molecule has 11 aromatic rings. The fourth-order valence-corrected chi connectivity index (χ4v) is 13.9. The molecular weight excluding hydrogens is 711 g/mol. The molecule has 0 aliphatic carbocycles. The normalized spacial score (nSPS) is 11.9. The summed E-state index contributed by atoms with van der Waals surface area (Å²) >= 11 is 0. The van der Waals surface area contributed by atoms with Crippen LogP contribution >= 0.6 is 0 Å². The first-order valence-electron chi connectivity index (χ1n) is 19.3. The minimum absolute atomic E-state index is 0.566. The molecule has 3 heterocycles. The Bertz CT molecular complexity index is 3080. The highest BCUT2D eigenvalue weighted by molar-refractivity contribution is 7.20. The van der Waals surface area contributed by atoms with Crippen LogP contribution in [0.4, 0.5) is 0 Å². The molecule has 0 aliphatic rings. The first-order chi connectivity index (χ1) is 28.3. The zero-order valence-electron chi connectivity index (χ0n) is 30.9. The van der Waals surface area contributed by atoms with E-state index in [2.05, 4.69) is 203 Å². The SMILES string of the molecule is c1ccc(-c2nc(-n3c4ccccc4c4ccccc43)nc(-n3c4ccccc4c4cccc([Si](c5ccccc5)(c5ccccc5)c5ccccc5)c43)n2)cc1. The van der Waals surface area contributed by atoms with Crippen LogP contribution in [0.3, 0.4) is 0 Å². The van der Waals surface area contributed by atoms with Gasteiger partial charge in [-0.25, -0.2) is 0 Å². The fraction of sp³-hybridized carbons (Fsp3) is 0. The maximum absolute atomic E-state index is 5.50. The smallest absolute Gasteiger partial charge is 0.240 e. The van der Waals surface area contributed by atoms with E-state index in [1.165, 1.54) is 20.7 Å². The van der Waals surface area contributed by atoms with Crippen LogP contribution in [0.1, 0.15) is 0 Å². The van der Waals surface area contributed by atoms with Gasteiger partial charge < -0.3 is 0 Å². The van der Waals surface area contributed by atoms with Crippen LogP contribution in [-0.2, 0) is 0 Å². The van der Waals surface area contributed by atoms with Crippen LogP contribution in [0, 0.1) is 0 Å². The molecule has 0 atom stereocenters. The van der Waals surface area contributed by atoms with Crippen LogP contribution < -0.4 is 20.7 Å². The summed E-state index contributed by atoms with van der Waals surface area (Å²) in [6, 6.07) is 76.0. The van der Waals surface area contributed by atoms with E-state index in [1.54, 1.807) is 0 Å². The fourth-order valence-electron chi connectivity index (χ4n) is 8.97. The predicted molar refractivity (Wildman–Crippen MR) is 238 cm³/mol. The number of nitrogens with zero attached hydrogens (tertiary/aromatic N) is 5. The lowest BCUT2D eigenvalue weighted by Crippen LogP contribution is -2.75. The summed E-state index contributed by atoms with van der Waals surface area (Å²) in [7, 11) is -3.01. The van der Waals surface area contributed by atoms with Crippen LogP contribution in [0.15, 0.2) is 212 Å². The molecule has 0 saturated heterocycles. The van der Waals surface area contributed by atoms with Crippen molar-refractivity contribution in [1.82, 2.24) is 24.1 Å². The lowest BCUT2D eigenvalue weighted by molar-refractivity contribution is 0.893. The monoisotopic (exact) mass is 745 g/mol. The van der Waals surface area contributed by atoms with Crippen molar-refractivity contribution < 1.29 is 0 Å². The first-order valence-corrected chi connectivity index (χ1v) is 21.3. The van der Waals surface area contributed by atoms with Gasteiger partial charge in [0.15, 0.2) is 13.9 Å². The third-order valence-corrected chi connectivity index (χ3v) is 16.2. The molecule has 0 saturated carbocycles. The van der Waals surface area contributed by atoms with Crippen molar-refractivity contribution in [2.75, 3.05) is 0 Å². The topological polar surface area (TPSA) is 48.5 Å². The number of hydrogen-bond donors (Lipinski definition) is 0. The minimum Gasteiger partial charge on any atom is -0.278 e. The van der Waals surface area contributed by atoms with Crippen LogP contribution in [0.2, 0.25) is 0 Å². The van der Waals surface area contributed by atoms with Gasteiger partial charge in [-0.1, -0.05) is 194 Å². The zero-order valence-corrected chi connectivity index (χ0v) is 31.9. The summed E-state index contributed by atoms with van der Waals surface area (Å²) in [6.45, 7) is 0. The van der Waals surface area contributed by atoms with Crippen molar-refractivity contribution in [2.24, 2.45) is 0 Å². The van der Waals surface area contributed by atoms with Gasteiger partial charge in [-0.05, 0) is 38.9 Å². The Labute approximate surface area is 330 Å². The molecule has 0 amide bonds. The summed E-state index contributed by atoms with van der Waals surface area (Å²) in [5.74, 6) is 1.74. The lowest BCUT2D eigenvalue weighted by atomic mass is 10.1. The molecule has 6 heteroatoms. The van der Waals surface area contributed by atoms with E-state index in [-0.39, 0.29) is 0 Å². The first kappa shape index (κ1) is 33.0. The molecular formula is C51H35N5Si. The van der Waals surface area contributed by atoms with Crippen LogP contribution in [-0.4, -0.2) is 32.2 Å². The van der Waals surface area contributed by atoms with E-state index in [0.29, 0.717) is 17.7 Å². The number of benzene rings is 8. The lowest BCUT2D eigenvalue weighted by Gasteiger charge is -2.35. The number of rotatable bonds is 7. The number of hydrogen-bond acceptors (Lipinski definition) is 3. The summed E-state index contributed by atoms with van der Waals surface area (Å²) < 4.78 is 4.50. The van der Waals surface area contributed by atoms with E-state index in [1.807, 2.05) is 18.2 Å². The maximum Gasteiger partial charge on any atom is 0.240 e. The molecule has 0 bridgehead atoms. The maximum atomic E-state index is 5.50. The second-order valence-electron chi connectivity index (χ2n) is 14.4. The molecule has 0 aliphatic heterocycles. The third-order valence-electron chi connectivity index (χ3n) is 11.3. The van der Waals surface area contributed by atoms with Crippen molar-refractivity contribution in [3.05, 3.63) is 212 Å². The molecule has 5 nitrogen and oxygen atoms in total. The second kappa shape index (κ2) is 13.4. The van der Waals surface area contributed by atoms with E-state index in [4.69, 9.17) is 15.0 Å². The zero-order chi connectivity index (χ0) is 37.8. The summed E-state index contributed by atoms with van der Waals surface area (Å²) in [4.78, 5) is 16.2. The highest BCUT2D eigenvalue weighted by Gasteiger charge is 2.43. The van der Waals surface area contributed by atoms with Gasteiger partial charge in [-0.3, -0.25) is 9.13 Å². The van der Waals surface area contributed by atoms with Gasteiger partial charge in [-0.2, -0.15) is 15.0 Å². The van der Waals surface area contributed by atoms with Gasteiger partial charge in [0, 0.05) is 27.1 Å². The Balaban J connectivity index is 1.31. The molecule has 0 unspecified atom stereocenters. The Morgan fingerprint density at radius 2 is 0.702 bits per heavy atom. The van der Waals surface area contributed by atoms with Gasteiger partial charge in [0.1, 0.15) is 0 Å². The summed E-state index contributed by atoms with van der Waals surface area (Å²) in [5.41, 5.74) is 5.14.